The fourth-order valence-corrected chi connectivity index (χ4v) is 5.44. The molecule has 1 saturated heterocycles. The highest BCUT2D eigenvalue weighted by molar-refractivity contribution is 7.91. The van der Waals surface area contributed by atoms with Crippen LogP contribution in [0.25, 0.3) is 0 Å². The first-order chi connectivity index (χ1) is 12.4. The number of rotatable bonds is 5. The van der Waals surface area contributed by atoms with E-state index >= 15 is 0 Å². The van der Waals surface area contributed by atoms with Crippen LogP contribution in [0.2, 0.25) is 0 Å². The maximum Gasteiger partial charge on any atom is 0.335 e. The summed E-state index contributed by atoms with van der Waals surface area (Å²) in [5.74, 6) is -1.74. The van der Waals surface area contributed by atoms with Gasteiger partial charge in [0.2, 0.25) is 0 Å². The Hall–Kier alpha value is -1.70. The second-order valence-corrected chi connectivity index (χ2v) is 8.77. The first kappa shape index (κ1) is 19.1. The van der Waals surface area contributed by atoms with E-state index in [-0.39, 0.29) is 24.4 Å². The molecule has 1 fully saturated rings. The zero-order chi connectivity index (χ0) is 18.8. The number of esters is 1. The minimum absolute atomic E-state index is 0.115. The lowest BCUT2D eigenvalue weighted by molar-refractivity contribution is -0.143. The topological polar surface area (TPSA) is 78.9 Å². The molecule has 1 aromatic rings. The average Bonchev–Trinajstić information content (AvgIpc) is 3.04. The van der Waals surface area contributed by atoms with E-state index in [1.54, 1.807) is 13.0 Å². The van der Waals surface area contributed by atoms with Crippen LogP contribution in [0.4, 0.5) is 0 Å². The smallest absolute Gasteiger partial charge is 0.335 e. The number of benzene rings is 1. The van der Waals surface area contributed by atoms with Gasteiger partial charge >= 0.3 is 5.97 Å². The average molecular weight is 380 g/mol. The third-order valence-electron chi connectivity index (χ3n) is 4.82. The number of aryl methyl sites for hydroxylation is 1. The Balaban J connectivity index is 1.93. The molecule has 0 amide bonds. The molecular weight excluding hydrogens is 356 g/mol. The van der Waals surface area contributed by atoms with Crippen molar-refractivity contribution < 1.29 is 27.4 Å². The largest absolute Gasteiger partial charge is 0.463 e. The zero-order valence-corrected chi connectivity index (χ0v) is 15.9. The minimum atomic E-state index is -3.60. The second-order valence-electron chi connectivity index (χ2n) is 6.59. The number of carbonyl (C=O) groups excluding carboxylic acids is 1. The summed E-state index contributed by atoms with van der Waals surface area (Å²) >= 11 is 0. The molecule has 0 radical (unpaired) electrons. The molecule has 6 nitrogen and oxygen atoms in total. The van der Waals surface area contributed by atoms with Crippen molar-refractivity contribution in [3.8, 4) is 0 Å². The highest BCUT2D eigenvalue weighted by Crippen LogP contribution is 2.38. The van der Waals surface area contributed by atoms with Crippen molar-refractivity contribution in [3.63, 3.8) is 0 Å². The lowest BCUT2D eigenvalue weighted by atomic mass is 9.94. The van der Waals surface area contributed by atoms with Gasteiger partial charge in [0.05, 0.1) is 36.4 Å². The van der Waals surface area contributed by atoms with Crippen LogP contribution < -0.4 is 0 Å². The molecule has 142 valence electrons. The van der Waals surface area contributed by atoms with Gasteiger partial charge in [-0.3, -0.25) is 0 Å². The molecule has 1 atom stereocenters. The fourth-order valence-electron chi connectivity index (χ4n) is 3.46. The summed E-state index contributed by atoms with van der Waals surface area (Å²) in [6, 6.07) is 7.36. The summed E-state index contributed by atoms with van der Waals surface area (Å²) in [6.45, 7) is 4.59. The fraction of sp³-hybridized carbons (Fsp3) is 0.526. The van der Waals surface area contributed by atoms with Gasteiger partial charge in [0.25, 0.3) is 0 Å². The van der Waals surface area contributed by atoms with E-state index in [4.69, 9.17) is 14.2 Å². The number of hydrogen-bond donors (Lipinski definition) is 0. The highest BCUT2D eigenvalue weighted by atomic mass is 32.2. The molecule has 3 rings (SSSR count). The molecule has 0 bridgehead atoms. The first-order valence-corrected chi connectivity index (χ1v) is 10.5. The van der Waals surface area contributed by atoms with E-state index in [0.717, 1.165) is 11.1 Å². The maximum absolute atomic E-state index is 13.1. The number of ether oxygens (including phenoxy) is 3. The van der Waals surface area contributed by atoms with Crippen LogP contribution in [-0.4, -0.2) is 45.2 Å². The minimum Gasteiger partial charge on any atom is -0.463 e. The van der Waals surface area contributed by atoms with Crippen molar-refractivity contribution in [3.05, 3.63) is 47.0 Å². The van der Waals surface area contributed by atoms with Gasteiger partial charge in [0.15, 0.2) is 15.6 Å². The van der Waals surface area contributed by atoms with Gasteiger partial charge in [-0.2, -0.15) is 0 Å². The molecule has 0 N–H and O–H groups in total. The molecule has 26 heavy (non-hydrogen) atoms. The van der Waals surface area contributed by atoms with Gasteiger partial charge in [-0.15, -0.1) is 0 Å². The van der Waals surface area contributed by atoms with Crippen molar-refractivity contribution in [1.29, 1.82) is 0 Å². The zero-order valence-electron chi connectivity index (χ0n) is 15.1. The molecule has 1 aromatic carbocycles. The van der Waals surface area contributed by atoms with Gasteiger partial charge < -0.3 is 14.2 Å². The van der Waals surface area contributed by atoms with E-state index in [2.05, 4.69) is 0 Å². The number of sulfone groups is 1. The lowest BCUT2D eigenvalue weighted by Gasteiger charge is -2.33. The van der Waals surface area contributed by atoms with Crippen LogP contribution in [0.15, 0.2) is 35.9 Å². The van der Waals surface area contributed by atoms with Gasteiger partial charge in [-0.25, -0.2) is 13.2 Å². The molecule has 1 aliphatic heterocycles. The molecular formula is C19H24O6S. The van der Waals surface area contributed by atoms with Gasteiger partial charge in [-0.1, -0.05) is 24.3 Å². The summed E-state index contributed by atoms with van der Waals surface area (Å²) in [4.78, 5) is 12.4. The molecule has 1 unspecified atom stereocenters. The molecule has 1 heterocycles. The SMILES string of the molecule is CCOC(=O)C1=CC2(CCC1S(=O)(=O)Cc1ccccc1C)OCCO2. The summed E-state index contributed by atoms with van der Waals surface area (Å²) in [7, 11) is -3.60. The van der Waals surface area contributed by atoms with Crippen molar-refractivity contribution in [1.82, 2.24) is 0 Å². The lowest BCUT2D eigenvalue weighted by Crippen LogP contribution is -2.41. The van der Waals surface area contributed by atoms with E-state index in [0.29, 0.717) is 19.6 Å². The van der Waals surface area contributed by atoms with Crippen molar-refractivity contribution in [2.75, 3.05) is 19.8 Å². The second kappa shape index (κ2) is 7.50. The molecule has 1 spiro atoms. The third-order valence-corrected chi connectivity index (χ3v) is 6.89. The van der Waals surface area contributed by atoms with Crippen LogP contribution in [0.5, 0.6) is 0 Å². The first-order valence-electron chi connectivity index (χ1n) is 8.81. The summed E-state index contributed by atoms with van der Waals surface area (Å²) < 4.78 is 42.6. The van der Waals surface area contributed by atoms with E-state index in [1.165, 1.54) is 6.08 Å². The Bertz CT molecular complexity index is 805. The Morgan fingerprint density at radius 3 is 2.62 bits per heavy atom. The Labute approximate surface area is 154 Å². The standard InChI is InChI=1S/C19H24O6S/c1-3-23-18(20)16-12-19(24-10-11-25-19)9-8-17(16)26(21,22)13-15-7-5-4-6-14(15)2/h4-7,12,17H,3,8-11,13H2,1-2H3. The summed E-state index contributed by atoms with van der Waals surface area (Å²) in [6.07, 6.45) is 2.17. The molecule has 0 aromatic heterocycles. The Morgan fingerprint density at radius 1 is 1.27 bits per heavy atom. The van der Waals surface area contributed by atoms with Gasteiger partial charge in [0, 0.05) is 6.42 Å². The predicted molar refractivity (Wildman–Crippen MR) is 96.2 cm³/mol. The predicted octanol–water partition coefficient (Wildman–Crippen LogP) is 2.30. The van der Waals surface area contributed by atoms with Crippen LogP contribution in [0.1, 0.15) is 30.9 Å². The normalized spacial score (nSPS) is 22.2. The number of carbonyl (C=O) groups is 1. The molecule has 2 aliphatic rings. The van der Waals surface area contributed by atoms with Crippen molar-refractivity contribution >= 4 is 15.8 Å². The molecule has 7 heteroatoms. The quantitative estimate of drug-likeness (QED) is 0.730. The van der Waals surface area contributed by atoms with E-state index < -0.39 is 26.8 Å². The maximum atomic E-state index is 13.1. The van der Waals surface area contributed by atoms with Crippen LogP contribution in [0, 0.1) is 6.92 Å². The highest BCUT2D eigenvalue weighted by Gasteiger charge is 2.45. The van der Waals surface area contributed by atoms with Gasteiger partial charge in [0.1, 0.15) is 0 Å². The van der Waals surface area contributed by atoms with E-state index in [1.807, 2.05) is 25.1 Å². The summed E-state index contributed by atoms with van der Waals surface area (Å²) in [5, 5.41) is -0.917. The van der Waals surface area contributed by atoms with E-state index in [9.17, 15) is 13.2 Å². The molecule has 0 saturated carbocycles. The summed E-state index contributed by atoms with van der Waals surface area (Å²) in [5.41, 5.74) is 1.77. The Kier molecular flexibility index (Phi) is 5.50. The van der Waals surface area contributed by atoms with Crippen LogP contribution in [0.3, 0.4) is 0 Å². The molecule has 1 aliphatic carbocycles. The number of hydrogen-bond acceptors (Lipinski definition) is 6. The Morgan fingerprint density at radius 2 is 1.96 bits per heavy atom. The monoisotopic (exact) mass is 380 g/mol. The third kappa shape index (κ3) is 3.84. The van der Waals surface area contributed by atoms with Crippen molar-refractivity contribution in [2.45, 2.75) is 43.5 Å². The van der Waals surface area contributed by atoms with Crippen LogP contribution in [-0.2, 0) is 34.6 Å². The van der Waals surface area contributed by atoms with Crippen LogP contribution >= 0.6 is 0 Å². The van der Waals surface area contributed by atoms with Gasteiger partial charge in [-0.05, 0) is 37.5 Å². The van der Waals surface area contributed by atoms with Crippen molar-refractivity contribution in [2.24, 2.45) is 0 Å².